The molecule has 2 aliphatic carbocycles. The Morgan fingerprint density at radius 3 is 1.43 bits per heavy atom. The first-order valence-corrected chi connectivity index (χ1v) is 21.5. The van der Waals surface area contributed by atoms with Crippen LogP contribution in [0.15, 0.2) is 219 Å². The van der Waals surface area contributed by atoms with Crippen LogP contribution in [0.2, 0.25) is 0 Å². The van der Waals surface area contributed by atoms with Crippen LogP contribution < -0.4 is 0 Å². The molecule has 4 nitrogen and oxygen atoms in total. The van der Waals surface area contributed by atoms with Crippen LogP contribution in [0.5, 0.6) is 0 Å². The molecule has 9 aromatic carbocycles. The first-order valence-electron chi connectivity index (χ1n) is 21.5. The molecule has 11 aromatic rings. The van der Waals surface area contributed by atoms with Crippen LogP contribution in [-0.2, 0) is 5.41 Å². The van der Waals surface area contributed by atoms with Crippen molar-refractivity contribution in [2.45, 2.75) is 5.41 Å². The molecule has 13 rings (SSSR count). The predicted molar refractivity (Wildman–Crippen MR) is 256 cm³/mol. The van der Waals surface area contributed by atoms with Crippen molar-refractivity contribution >= 4 is 21.7 Å². The summed E-state index contributed by atoms with van der Waals surface area (Å²) in [5, 5.41) is 3.34. The molecular weight excluding hydrogens is 765 g/mol. The van der Waals surface area contributed by atoms with E-state index in [0.717, 1.165) is 49.5 Å². The Kier molecular flexibility index (Phi) is 7.79. The van der Waals surface area contributed by atoms with E-state index in [2.05, 4.69) is 188 Å². The third-order valence-electron chi connectivity index (χ3n) is 13.2. The Morgan fingerprint density at radius 2 is 0.746 bits per heavy atom. The van der Waals surface area contributed by atoms with Gasteiger partial charge in [0.1, 0.15) is 0 Å². The zero-order chi connectivity index (χ0) is 41.5. The van der Waals surface area contributed by atoms with Crippen molar-refractivity contribution in [3.63, 3.8) is 0 Å². The highest BCUT2D eigenvalue weighted by Gasteiger charge is 2.52. The molecule has 0 radical (unpaired) electrons. The summed E-state index contributed by atoms with van der Waals surface area (Å²) in [6.07, 6.45) is 1.85. The molecule has 0 N–H and O–H groups in total. The number of benzene rings is 9. The number of para-hydroxylation sites is 1. The molecule has 2 aliphatic rings. The lowest BCUT2D eigenvalue weighted by Crippen LogP contribution is -2.26. The van der Waals surface area contributed by atoms with Gasteiger partial charge in [-0.1, -0.05) is 200 Å². The van der Waals surface area contributed by atoms with Crippen LogP contribution in [0.1, 0.15) is 22.3 Å². The van der Waals surface area contributed by atoms with Gasteiger partial charge in [0, 0.05) is 33.8 Å². The minimum Gasteiger partial charge on any atom is -0.256 e. The van der Waals surface area contributed by atoms with Crippen LogP contribution in [0.25, 0.3) is 100 Å². The zero-order valence-electron chi connectivity index (χ0n) is 34.1. The van der Waals surface area contributed by atoms with Gasteiger partial charge in [0.2, 0.25) is 0 Å². The molecule has 0 aliphatic heterocycles. The first-order chi connectivity index (χ1) is 31.3. The lowest BCUT2D eigenvalue weighted by Gasteiger charge is -2.32. The standard InChI is InChI=1S/C59H36N4/c1-2-15-39(16-3-1)56-61-57(40-32-30-37(31-33-40)41-24-12-17-38-18-14-36-60-55(38)41)63-58(62-56)50-35-34-44(42-19-4-5-20-43(42)50)48-25-13-26-49-47-23-8-11-29-53(47)59(54(48)49)51-27-9-6-21-45(51)46-22-7-10-28-52(46)59/h1-36H. The lowest BCUT2D eigenvalue weighted by atomic mass is 9.68. The molecule has 4 heteroatoms. The molecule has 2 aromatic heterocycles. The van der Waals surface area contributed by atoms with Gasteiger partial charge in [-0.15, -0.1) is 0 Å². The van der Waals surface area contributed by atoms with E-state index < -0.39 is 5.41 Å². The molecular formula is C59H36N4. The van der Waals surface area contributed by atoms with E-state index >= 15 is 0 Å². The van der Waals surface area contributed by atoms with E-state index in [9.17, 15) is 0 Å². The molecule has 0 amide bonds. The van der Waals surface area contributed by atoms with Gasteiger partial charge in [-0.25, -0.2) is 15.0 Å². The third kappa shape index (κ3) is 5.22. The molecule has 0 saturated carbocycles. The van der Waals surface area contributed by atoms with Crippen LogP contribution in [0, 0.1) is 0 Å². The fourth-order valence-electron chi connectivity index (χ4n) is 10.6. The molecule has 0 fully saturated rings. The number of rotatable bonds is 5. The SMILES string of the molecule is c1ccc(-c2nc(-c3ccc(-c4cccc5cccnc45)cc3)nc(-c3ccc(-c4cccc5c4C4(c6ccccc6-c6ccccc64)c4ccccc4-5)c4ccccc34)n2)cc1. The fraction of sp³-hybridized carbons (Fsp3) is 0.0169. The van der Waals surface area contributed by atoms with Crippen LogP contribution in [-0.4, -0.2) is 19.9 Å². The van der Waals surface area contributed by atoms with Gasteiger partial charge in [0.25, 0.3) is 0 Å². The van der Waals surface area contributed by atoms with Gasteiger partial charge < -0.3 is 0 Å². The number of pyridine rings is 1. The van der Waals surface area contributed by atoms with E-state index in [0.29, 0.717) is 17.5 Å². The van der Waals surface area contributed by atoms with Gasteiger partial charge in [0.15, 0.2) is 17.5 Å². The largest absolute Gasteiger partial charge is 0.256 e. The lowest BCUT2D eigenvalue weighted by molar-refractivity contribution is 0.796. The molecule has 1 spiro atoms. The monoisotopic (exact) mass is 800 g/mol. The minimum absolute atomic E-state index is 0.469. The normalized spacial score (nSPS) is 12.9. The van der Waals surface area contributed by atoms with E-state index in [1.807, 2.05) is 30.5 Å². The summed E-state index contributed by atoms with van der Waals surface area (Å²) in [6, 6.07) is 76.2. The van der Waals surface area contributed by atoms with Gasteiger partial charge in [0.05, 0.1) is 10.9 Å². The van der Waals surface area contributed by atoms with E-state index in [1.54, 1.807) is 0 Å². The second-order valence-electron chi connectivity index (χ2n) is 16.5. The summed E-state index contributed by atoms with van der Waals surface area (Å²) in [6.45, 7) is 0. The van der Waals surface area contributed by atoms with Crippen molar-refractivity contribution in [3.05, 3.63) is 241 Å². The Balaban J connectivity index is 1.000. The number of hydrogen-bond acceptors (Lipinski definition) is 4. The van der Waals surface area contributed by atoms with E-state index in [4.69, 9.17) is 19.9 Å². The Hall–Kier alpha value is -8.34. The molecule has 0 bridgehead atoms. The fourth-order valence-corrected chi connectivity index (χ4v) is 10.6. The third-order valence-corrected chi connectivity index (χ3v) is 13.2. The average molecular weight is 801 g/mol. The van der Waals surface area contributed by atoms with Gasteiger partial charge in [-0.2, -0.15) is 0 Å². The van der Waals surface area contributed by atoms with Crippen LogP contribution in [0.3, 0.4) is 0 Å². The second-order valence-corrected chi connectivity index (χ2v) is 16.5. The van der Waals surface area contributed by atoms with Crippen molar-refractivity contribution in [1.82, 2.24) is 19.9 Å². The summed E-state index contributed by atoms with van der Waals surface area (Å²) in [7, 11) is 0. The van der Waals surface area contributed by atoms with Crippen LogP contribution in [0.4, 0.5) is 0 Å². The van der Waals surface area contributed by atoms with E-state index in [1.165, 1.54) is 55.6 Å². The smallest absolute Gasteiger partial charge is 0.164 e. The molecule has 2 heterocycles. The summed E-state index contributed by atoms with van der Waals surface area (Å²) in [5.41, 5.74) is 18.4. The zero-order valence-corrected chi connectivity index (χ0v) is 34.1. The number of nitrogens with zero attached hydrogens (tertiary/aromatic N) is 4. The Labute approximate surface area is 364 Å². The van der Waals surface area contributed by atoms with Gasteiger partial charge >= 0.3 is 0 Å². The topological polar surface area (TPSA) is 51.6 Å². The predicted octanol–water partition coefficient (Wildman–Crippen LogP) is 14.3. The maximum Gasteiger partial charge on any atom is 0.164 e. The van der Waals surface area contributed by atoms with Gasteiger partial charge in [-0.05, 0) is 84.1 Å². The highest BCUT2D eigenvalue weighted by atomic mass is 15.0. The summed E-state index contributed by atoms with van der Waals surface area (Å²) in [4.78, 5) is 20.3. The van der Waals surface area contributed by atoms with Gasteiger partial charge in [-0.3, -0.25) is 4.98 Å². The molecule has 0 saturated heterocycles. The number of hydrogen-bond donors (Lipinski definition) is 0. The average Bonchev–Trinajstić information content (AvgIpc) is 3.84. The Morgan fingerprint density at radius 1 is 0.286 bits per heavy atom. The van der Waals surface area contributed by atoms with Crippen LogP contribution >= 0.6 is 0 Å². The number of aromatic nitrogens is 4. The summed E-state index contributed by atoms with van der Waals surface area (Å²) >= 11 is 0. The second kappa shape index (κ2) is 13.8. The number of fused-ring (bicyclic) bond motifs is 12. The van der Waals surface area contributed by atoms with E-state index in [-0.39, 0.29) is 0 Å². The van der Waals surface area contributed by atoms with Crippen molar-refractivity contribution in [2.75, 3.05) is 0 Å². The first kappa shape index (κ1) is 35.4. The van der Waals surface area contributed by atoms with Crippen molar-refractivity contribution in [3.8, 4) is 78.7 Å². The van der Waals surface area contributed by atoms with Crippen molar-refractivity contribution in [1.29, 1.82) is 0 Å². The molecule has 292 valence electrons. The minimum atomic E-state index is -0.469. The highest BCUT2D eigenvalue weighted by molar-refractivity contribution is 6.07. The van der Waals surface area contributed by atoms with Crippen molar-refractivity contribution < 1.29 is 0 Å². The maximum atomic E-state index is 5.26. The summed E-state index contributed by atoms with van der Waals surface area (Å²) < 4.78 is 0. The highest BCUT2D eigenvalue weighted by Crippen LogP contribution is 2.64. The Bertz CT molecular complexity index is 3560. The summed E-state index contributed by atoms with van der Waals surface area (Å²) in [5.74, 6) is 1.88. The molecule has 0 atom stereocenters. The molecule has 63 heavy (non-hydrogen) atoms. The quantitative estimate of drug-likeness (QED) is 0.174. The van der Waals surface area contributed by atoms with Crippen molar-refractivity contribution in [2.24, 2.45) is 0 Å². The maximum absolute atomic E-state index is 5.26. The molecule has 0 unspecified atom stereocenters.